The molecule has 1 aromatic heterocycles. The minimum atomic E-state index is 0.766. The molecule has 51 heavy (non-hydrogen) atoms. The molecule has 3 heteroatoms. The Morgan fingerprint density at radius 1 is 0.294 bits per heavy atom. The number of ether oxygens (including phenoxy) is 2. The van der Waals surface area contributed by atoms with E-state index in [2.05, 4.69) is 156 Å². The van der Waals surface area contributed by atoms with Crippen LogP contribution in [-0.4, -0.2) is 4.57 Å². The molecule has 0 N–H and O–H groups in total. The standard InChI is InChI=1S/C48H31NO2/c1-3-13-32(14-4-1)35-23-26-40-38-18-8-11-21-45(38)50-46-22-12-9-19-39(46)42-30-34(25-28-47(42)51-48(40)31-35)33-24-27-44-41(29-33)37-17-7-10-20-43(37)49(44)36-15-5-2-6-16-36/h1-31H. The van der Waals surface area contributed by atoms with Crippen molar-refractivity contribution < 1.29 is 9.47 Å². The van der Waals surface area contributed by atoms with E-state index in [1.165, 1.54) is 21.8 Å². The molecule has 0 atom stereocenters. The fourth-order valence-electron chi connectivity index (χ4n) is 7.45. The first-order valence-corrected chi connectivity index (χ1v) is 17.3. The molecule has 0 spiro atoms. The van der Waals surface area contributed by atoms with Crippen LogP contribution in [0.1, 0.15) is 0 Å². The second-order valence-electron chi connectivity index (χ2n) is 12.9. The summed E-state index contributed by atoms with van der Waals surface area (Å²) in [6.45, 7) is 0. The molecule has 0 amide bonds. The minimum Gasteiger partial charge on any atom is -0.456 e. The van der Waals surface area contributed by atoms with Crippen molar-refractivity contribution in [1.82, 2.24) is 4.57 Å². The van der Waals surface area contributed by atoms with Crippen LogP contribution in [0.5, 0.6) is 23.0 Å². The summed E-state index contributed by atoms with van der Waals surface area (Å²) in [6.07, 6.45) is 0. The Balaban J connectivity index is 1.16. The Kier molecular flexibility index (Phi) is 6.81. The maximum absolute atomic E-state index is 7.01. The highest BCUT2D eigenvalue weighted by molar-refractivity contribution is 6.10. The smallest absolute Gasteiger partial charge is 0.136 e. The maximum atomic E-state index is 7.01. The van der Waals surface area contributed by atoms with Gasteiger partial charge in [0, 0.05) is 38.7 Å². The Morgan fingerprint density at radius 3 is 1.63 bits per heavy atom. The van der Waals surface area contributed by atoms with Gasteiger partial charge in [-0.25, -0.2) is 0 Å². The molecular weight excluding hydrogens is 623 g/mol. The predicted octanol–water partition coefficient (Wildman–Crippen LogP) is 13.3. The van der Waals surface area contributed by atoms with E-state index in [-0.39, 0.29) is 0 Å². The van der Waals surface area contributed by atoms with E-state index >= 15 is 0 Å². The first-order chi connectivity index (χ1) is 25.3. The van der Waals surface area contributed by atoms with Crippen LogP contribution in [0.25, 0.3) is 72.0 Å². The van der Waals surface area contributed by atoms with Gasteiger partial charge in [-0.15, -0.1) is 0 Å². The van der Waals surface area contributed by atoms with Gasteiger partial charge in [-0.05, 0) is 89.0 Å². The molecule has 9 aromatic rings. The second-order valence-corrected chi connectivity index (χ2v) is 12.9. The lowest BCUT2D eigenvalue weighted by Crippen LogP contribution is -1.98. The average molecular weight is 654 g/mol. The summed E-state index contributed by atoms with van der Waals surface area (Å²) < 4.78 is 16.1. The normalized spacial score (nSPS) is 11.8. The third kappa shape index (κ3) is 4.98. The third-order valence-electron chi connectivity index (χ3n) is 9.88. The Hall–Kier alpha value is -6.84. The average Bonchev–Trinajstić information content (AvgIpc) is 3.53. The summed E-state index contributed by atoms with van der Waals surface area (Å²) in [7, 11) is 0. The summed E-state index contributed by atoms with van der Waals surface area (Å²) in [5, 5.41) is 2.44. The zero-order valence-corrected chi connectivity index (χ0v) is 27.7. The minimum absolute atomic E-state index is 0.766. The van der Waals surface area contributed by atoms with Crippen LogP contribution < -0.4 is 9.47 Å². The van der Waals surface area contributed by atoms with Crippen molar-refractivity contribution >= 4 is 21.8 Å². The fourth-order valence-corrected chi connectivity index (χ4v) is 7.45. The van der Waals surface area contributed by atoms with E-state index in [1.54, 1.807) is 0 Å². The van der Waals surface area contributed by atoms with E-state index in [0.717, 1.165) is 73.2 Å². The zero-order valence-electron chi connectivity index (χ0n) is 27.7. The maximum Gasteiger partial charge on any atom is 0.136 e. The quantitative estimate of drug-likeness (QED) is 0.189. The van der Waals surface area contributed by atoms with Gasteiger partial charge in [0.1, 0.15) is 23.0 Å². The first kappa shape index (κ1) is 29.1. The van der Waals surface area contributed by atoms with Gasteiger partial charge >= 0.3 is 0 Å². The number of para-hydroxylation sites is 4. The number of nitrogens with zero attached hydrogens (tertiary/aromatic N) is 1. The molecule has 0 bridgehead atoms. The van der Waals surface area contributed by atoms with Crippen molar-refractivity contribution in [2.75, 3.05) is 0 Å². The van der Waals surface area contributed by atoms with Crippen LogP contribution >= 0.6 is 0 Å². The molecule has 0 saturated heterocycles. The molecule has 2 heterocycles. The molecule has 10 rings (SSSR count). The third-order valence-corrected chi connectivity index (χ3v) is 9.88. The van der Waals surface area contributed by atoms with Gasteiger partial charge in [0.2, 0.25) is 0 Å². The first-order valence-electron chi connectivity index (χ1n) is 17.3. The topological polar surface area (TPSA) is 23.4 Å². The highest BCUT2D eigenvalue weighted by Gasteiger charge is 2.22. The molecule has 240 valence electrons. The van der Waals surface area contributed by atoms with Crippen LogP contribution in [0.4, 0.5) is 0 Å². The lowest BCUT2D eigenvalue weighted by Gasteiger charge is -2.22. The molecular formula is C48H31NO2. The number of hydrogen-bond acceptors (Lipinski definition) is 2. The highest BCUT2D eigenvalue weighted by atomic mass is 16.5. The molecule has 1 aliphatic heterocycles. The van der Waals surface area contributed by atoms with Crippen molar-refractivity contribution in [2.24, 2.45) is 0 Å². The van der Waals surface area contributed by atoms with Gasteiger partial charge < -0.3 is 14.0 Å². The van der Waals surface area contributed by atoms with Crippen LogP contribution in [0.2, 0.25) is 0 Å². The number of fused-ring (bicyclic) bond motifs is 9. The van der Waals surface area contributed by atoms with Crippen molar-refractivity contribution in [1.29, 1.82) is 0 Å². The Labute approximate surface area is 296 Å². The lowest BCUT2D eigenvalue weighted by molar-refractivity contribution is 0.472. The summed E-state index contributed by atoms with van der Waals surface area (Å²) >= 11 is 0. The van der Waals surface area contributed by atoms with Gasteiger partial charge in [0.25, 0.3) is 0 Å². The van der Waals surface area contributed by atoms with E-state index in [0.29, 0.717) is 0 Å². The van der Waals surface area contributed by atoms with Crippen molar-refractivity contribution in [3.8, 4) is 73.2 Å². The van der Waals surface area contributed by atoms with Gasteiger partial charge in [-0.3, -0.25) is 0 Å². The SMILES string of the molecule is c1ccc(-c2ccc3c(c2)Oc2ccc(-c4ccc5c(c4)c4ccccc4n5-c4ccccc4)cc2-c2ccccc2Oc2ccccc2-3)cc1. The molecule has 0 saturated carbocycles. The van der Waals surface area contributed by atoms with Gasteiger partial charge in [-0.1, -0.05) is 121 Å². The monoisotopic (exact) mass is 653 g/mol. The fraction of sp³-hybridized carbons (Fsp3) is 0. The molecule has 8 aromatic carbocycles. The van der Waals surface area contributed by atoms with Crippen molar-refractivity contribution in [2.45, 2.75) is 0 Å². The number of hydrogen-bond donors (Lipinski definition) is 0. The van der Waals surface area contributed by atoms with E-state index in [1.807, 2.05) is 36.4 Å². The van der Waals surface area contributed by atoms with Crippen LogP contribution in [0.15, 0.2) is 188 Å². The van der Waals surface area contributed by atoms with Gasteiger partial charge in [0.15, 0.2) is 0 Å². The Morgan fingerprint density at radius 2 is 0.824 bits per heavy atom. The summed E-state index contributed by atoms with van der Waals surface area (Å²) in [5.41, 5.74) is 11.8. The van der Waals surface area contributed by atoms with Crippen LogP contribution in [0, 0.1) is 0 Å². The van der Waals surface area contributed by atoms with E-state index in [4.69, 9.17) is 9.47 Å². The van der Waals surface area contributed by atoms with E-state index < -0.39 is 0 Å². The number of aromatic nitrogens is 1. The van der Waals surface area contributed by atoms with Crippen LogP contribution in [0.3, 0.4) is 0 Å². The molecule has 0 fully saturated rings. The summed E-state index contributed by atoms with van der Waals surface area (Å²) in [5.74, 6) is 3.10. The number of rotatable bonds is 3. The molecule has 0 unspecified atom stereocenters. The zero-order chi connectivity index (χ0) is 33.7. The molecule has 1 aliphatic rings. The second kappa shape index (κ2) is 11.9. The van der Waals surface area contributed by atoms with E-state index in [9.17, 15) is 0 Å². The molecule has 0 aliphatic carbocycles. The molecule has 0 radical (unpaired) electrons. The van der Waals surface area contributed by atoms with Gasteiger partial charge in [0.05, 0.1) is 11.0 Å². The highest BCUT2D eigenvalue weighted by Crippen LogP contribution is 2.48. The van der Waals surface area contributed by atoms with Gasteiger partial charge in [-0.2, -0.15) is 0 Å². The van der Waals surface area contributed by atoms with Crippen LogP contribution in [-0.2, 0) is 0 Å². The van der Waals surface area contributed by atoms with Crippen molar-refractivity contribution in [3.05, 3.63) is 188 Å². The largest absolute Gasteiger partial charge is 0.456 e. The number of benzene rings is 8. The summed E-state index contributed by atoms with van der Waals surface area (Å²) in [4.78, 5) is 0. The lowest BCUT2D eigenvalue weighted by atomic mass is 9.95. The van der Waals surface area contributed by atoms with Crippen molar-refractivity contribution in [3.63, 3.8) is 0 Å². The molecule has 3 nitrogen and oxygen atoms in total. The Bertz CT molecular complexity index is 2740. The summed E-state index contributed by atoms with van der Waals surface area (Å²) in [6, 6.07) is 65.8. The predicted molar refractivity (Wildman–Crippen MR) is 209 cm³/mol.